The number of ether oxygens (including phenoxy) is 2. The highest BCUT2D eigenvalue weighted by Crippen LogP contribution is 2.12. The summed E-state index contributed by atoms with van der Waals surface area (Å²) in [5.41, 5.74) is -0.498. The molecule has 0 bridgehead atoms. The topological polar surface area (TPSA) is 52.6 Å². The first-order valence-electron chi connectivity index (χ1n) is 5.25. The van der Waals surface area contributed by atoms with E-state index in [0.29, 0.717) is 10.8 Å². The normalized spacial score (nSPS) is 13.1. The number of alkyl halides is 1. The molecule has 0 N–H and O–H groups in total. The summed E-state index contributed by atoms with van der Waals surface area (Å²) in [6.07, 6.45) is 0.0517. The molecule has 5 heteroatoms. The second kappa shape index (κ2) is 7.09. The highest BCUT2D eigenvalue weighted by Gasteiger charge is 2.21. The van der Waals surface area contributed by atoms with Crippen molar-refractivity contribution in [2.45, 2.75) is 52.2 Å². The van der Waals surface area contributed by atoms with Crippen molar-refractivity contribution in [1.29, 1.82) is 0 Å². The molecule has 0 rings (SSSR count). The molecule has 0 radical (unpaired) electrons. The monoisotopic (exact) mass is 342 g/mol. The molecule has 94 valence electrons. The van der Waals surface area contributed by atoms with Crippen molar-refractivity contribution in [3.63, 3.8) is 0 Å². The van der Waals surface area contributed by atoms with Crippen LogP contribution in [0, 0.1) is 0 Å². The summed E-state index contributed by atoms with van der Waals surface area (Å²) in [7, 11) is 0. The van der Waals surface area contributed by atoms with Gasteiger partial charge in [-0.25, -0.2) is 0 Å². The van der Waals surface area contributed by atoms with Crippen LogP contribution in [0.3, 0.4) is 0 Å². The summed E-state index contributed by atoms with van der Waals surface area (Å²) >= 11 is 2.08. The second-order valence-electron chi connectivity index (χ2n) is 4.41. The minimum atomic E-state index is -0.498. The number of hydrogen-bond donors (Lipinski definition) is 0. The van der Waals surface area contributed by atoms with E-state index in [1.165, 1.54) is 0 Å². The molecule has 0 fully saturated rings. The van der Waals surface area contributed by atoms with Gasteiger partial charge in [-0.3, -0.25) is 9.59 Å². The maximum Gasteiger partial charge on any atom is 0.310 e. The Labute approximate surface area is 110 Å². The fourth-order valence-electron chi connectivity index (χ4n) is 0.966. The van der Waals surface area contributed by atoms with Gasteiger partial charge in [0.25, 0.3) is 0 Å². The molecule has 0 saturated carbocycles. The largest absolute Gasteiger partial charge is 0.461 e. The predicted octanol–water partition coefficient (Wildman–Crippen LogP) is 2.48. The van der Waals surface area contributed by atoms with Gasteiger partial charge in [0.05, 0.1) is 6.42 Å². The van der Waals surface area contributed by atoms with Gasteiger partial charge in [0.2, 0.25) is 0 Å². The minimum absolute atomic E-state index is 0.117. The predicted molar refractivity (Wildman–Crippen MR) is 69.5 cm³/mol. The SMILES string of the molecule is CCC(=O)OC(CI)CC(=O)OC(C)(C)C. The van der Waals surface area contributed by atoms with Crippen molar-refractivity contribution in [3.05, 3.63) is 0 Å². The Bertz CT molecular complexity index is 245. The van der Waals surface area contributed by atoms with Gasteiger partial charge in [-0.05, 0) is 20.8 Å². The molecule has 0 amide bonds. The molecular weight excluding hydrogens is 323 g/mol. The van der Waals surface area contributed by atoms with Crippen LogP contribution in [-0.2, 0) is 19.1 Å². The minimum Gasteiger partial charge on any atom is -0.461 e. The number of esters is 2. The molecule has 1 unspecified atom stereocenters. The number of hydrogen-bond acceptors (Lipinski definition) is 4. The van der Waals surface area contributed by atoms with Crippen LogP contribution >= 0.6 is 22.6 Å². The maximum atomic E-state index is 11.5. The van der Waals surface area contributed by atoms with Gasteiger partial charge < -0.3 is 9.47 Å². The molecule has 0 aliphatic rings. The quantitative estimate of drug-likeness (QED) is 0.438. The molecule has 0 aromatic heterocycles. The fourth-order valence-corrected chi connectivity index (χ4v) is 1.46. The lowest BCUT2D eigenvalue weighted by molar-refractivity contribution is -0.160. The van der Waals surface area contributed by atoms with Crippen LogP contribution < -0.4 is 0 Å². The molecule has 1 atom stereocenters. The molecule has 0 aliphatic carbocycles. The van der Waals surface area contributed by atoms with Crippen molar-refractivity contribution < 1.29 is 19.1 Å². The van der Waals surface area contributed by atoms with Crippen LogP contribution in [0.15, 0.2) is 0 Å². The van der Waals surface area contributed by atoms with E-state index in [-0.39, 0.29) is 24.5 Å². The molecule has 0 heterocycles. The van der Waals surface area contributed by atoms with Gasteiger partial charge in [-0.2, -0.15) is 0 Å². The Morgan fingerprint density at radius 2 is 1.81 bits per heavy atom. The van der Waals surface area contributed by atoms with Crippen molar-refractivity contribution in [2.24, 2.45) is 0 Å². The molecule has 0 spiro atoms. The van der Waals surface area contributed by atoms with E-state index in [9.17, 15) is 9.59 Å². The molecule has 0 aromatic rings. The van der Waals surface area contributed by atoms with E-state index in [1.54, 1.807) is 6.92 Å². The van der Waals surface area contributed by atoms with Crippen LogP contribution in [-0.4, -0.2) is 28.1 Å². The average Bonchev–Trinajstić information content (AvgIpc) is 2.13. The summed E-state index contributed by atoms with van der Waals surface area (Å²) in [5.74, 6) is -0.622. The van der Waals surface area contributed by atoms with Gasteiger partial charge in [0.15, 0.2) is 0 Å². The average molecular weight is 342 g/mol. The lowest BCUT2D eigenvalue weighted by Gasteiger charge is -2.21. The van der Waals surface area contributed by atoms with Gasteiger partial charge >= 0.3 is 11.9 Å². The highest BCUT2D eigenvalue weighted by molar-refractivity contribution is 14.1. The molecule has 0 aromatic carbocycles. The Hall–Kier alpha value is -0.330. The number of halogens is 1. The van der Waals surface area contributed by atoms with E-state index in [2.05, 4.69) is 22.6 Å². The Balaban J connectivity index is 4.12. The summed E-state index contributed by atoms with van der Waals surface area (Å²) in [5, 5.41) is 0. The lowest BCUT2D eigenvalue weighted by atomic mass is 10.2. The lowest BCUT2D eigenvalue weighted by Crippen LogP contribution is -2.29. The van der Waals surface area contributed by atoms with Crippen LogP contribution in [0.1, 0.15) is 40.5 Å². The van der Waals surface area contributed by atoms with Crippen LogP contribution in [0.5, 0.6) is 0 Å². The Morgan fingerprint density at radius 3 is 2.19 bits per heavy atom. The summed E-state index contributed by atoms with van der Waals surface area (Å²) in [6, 6.07) is 0. The first-order valence-corrected chi connectivity index (χ1v) is 6.78. The third kappa shape index (κ3) is 7.90. The Morgan fingerprint density at radius 1 is 1.25 bits per heavy atom. The molecular formula is C11H19IO4. The molecule has 4 nitrogen and oxygen atoms in total. The van der Waals surface area contributed by atoms with Crippen LogP contribution in [0.4, 0.5) is 0 Å². The fraction of sp³-hybridized carbons (Fsp3) is 0.818. The second-order valence-corrected chi connectivity index (χ2v) is 5.29. The van der Waals surface area contributed by atoms with Crippen molar-refractivity contribution in [2.75, 3.05) is 4.43 Å². The van der Waals surface area contributed by atoms with E-state index in [0.717, 1.165) is 0 Å². The van der Waals surface area contributed by atoms with Gasteiger partial charge in [-0.15, -0.1) is 0 Å². The first-order chi connectivity index (χ1) is 7.28. The van der Waals surface area contributed by atoms with Crippen molar-refractivity contribution >= 4 is 34.5 Å². The number of rotatable bonds is 5. The zero-order chi connectivity index (χ0) is 12.8. The first kappa shape index (κ1) is 15.7. The molecule has 0 saturated heterocycles. The summed E-state index contributed by atoms with van der Waals surface area (Å²) in [4.78, 5) is 22.6. The van der Waals surface area contributed by atoms with Crippen LogP contribution in [0.2, 0.25) is 0 Å². The van der Waals surface area contributed by atoms with Crippen LogP contribution in [0.25, 0.3) is 0 Å². The van der Waals surface area contributed by atoms with Crippen molar-refractivity contribution in [3.8, 4) is 0 Å². The zero-order valence-electron chi connectivity index (χ0n) is 10.2. The maximum absolute atomic E-state index is 11.5. The number of carbonyl (C=O) groups excluding carboxylic acids is 2. The van der Waals surface area contributed by atoms with Gasteiger partial charge in [-0.1, -0.05) is 29.5 Å². The van der Waals surface area contributed by atoms with E-state index in [4.69, 9.17) is 9.47 Å². The van der Waals surface area contributed by atoms with E-state index >= 15 is 0 Å². The highest BCUT2D eigenvalue weighted by atomic mass is 127. The van der Waals surface area contributed by atoms with Gasteiger partial charge in [0.1, 0.15) is 11.7 Å². The van der Waals surface area contributed by atoms with Crippen molar-refractivity contribution in [1.82, 2.24) is 0 Å². The summed E-state index contributed by atoms with van der Waals surface area (Å²) < 4.78 is 10.8. The Kier molecular flexibility index (Phi) is 6.94. The number of carbonyl (C=O) groups is 2. The van der Waals surface area contributed by atoms with Gasteiger partial charge in [0, 0.05) is 10.8 Å². The third-order valence-corrected chi connectivity index (χ3v) is 2.56. The molecule has 16 heavy (non-hydrogen) atoms. The molecule has 0 aliphatic heterocycles. The third-order valence-electron chi connectivity index (χ3n) is 1.57. The smallest absolute Gasteiger partial charge is 0.310 e. The zero-order valence-corrected chi connectivity index (χ0v) is 12.4. The summed E-state index contributed by atoms with van der Waals surface area (Å²) in [6.45, 7) is 7.14. The van der Waals surface area contributed by atoms with E-state index in [1.807, 2.05) is 20.8 Å². The van der Waals surface area contributed by atoms with E-state index < -0.39 is 5.60 Å². The standard InChI is InChI=1S/C11H19IO4/c1-5-9(13)15-8(7-12)6-10(14)16-11(2,3)4/h8H,5-7H2,1-4H3.